The Labute approximate surface area is 217 Å². The second-order valence-electron chi connectivity index (χ2n) is 9.24. The Morgan fingerprint density at radius 3 is 1.97 bits per heavy atom. The van der Waals surface area contributed by atoms with Crippen LogP contribution >= 0.6 is 0 Å². The van der Waals surface area contributed by atoms with E-state index in [9.17, 15) is 29.3 Å². The van der Waals surface area contributed by atoms with Gasteiger partial charge in [0.05, 0.1) is 27.3 Å². The van der Waals surface area contributed by atoms with Crippen molar-refractivity contribution in [1.29, 1.82) is 0 Å². The van der Waals surface area contributed by atoms with E-state index in [4.69, 9.17) is 4.74 Å². The lowest BCUT2D eigenvalue weighted by Gasteiger charge is -2.35. The van der Waals surface area contributed by atoms with Crippen molar-refractivity contribution >= 4 is 40.8 Å². The van der Waals surface area contributed by atoms with Gasteiger partial charge in [0.1, 0.15) is 0 Å². The van der Waals surface area contributed by atoms with E-state index in [0.29, 0.717) is 48.2 Å². The third kappa shape index (κ3) is 4.52. The van der Waals surface area contributed by atoms with Crippen LogP contribution in [0, 0.1) is 10.1 Å². The molecule has 0 bridgehead atoms. The van der Waals surface area contributed by atoms with E-state index in [1.54, 1.807) is 48.5 Å². The first kappa shape index (κ1) is 24.8. The van der Waals surface area contributed by atoms with Gasteiger partial charge in [0.15, 0.2) is 5.60 Å². The highest BCUT2D eigenvalue weighted by Crippen LogP contribution is 2.35. The second-order valence-corrected chi connectivity index (χ2v) is 9.24. The number of nitrogens with one attached hydrogen (secondary N) is 1. The summed E-state index contributed by atoms with van der Waals surface area (Å²) in [6.07, 6.45) is 2.97. The molecule has 192 valence electrons. The Hall–Kier alpha value is -4.86. The van der Waals surface area contributed by atoms with Gasteiger partial charge < -0.3 is 10.1 Å². The summed E-state index contributed by atoms with van der Waals surface area (Å²) >= 11 is 0. The fraction of sp³-hybridized carbons (Fsp3) is 0.214. The van der Waals surface area contributed by atoms with Crippen LogP contribution in [0.15, 0.2) is 72.8 Å². The van der Waals surface area contributed by atoms with Crippen LogP contribution in [0.5, 0.6) is 0 Å². The summed E-state index contributed by atoms with van der Waals surface area (Å²) in [5.74, 6) is -2.05. The predicted molar refractivity (Wildman–Crippen MR) is 137 cm³/mol. The number of rotatable bonds is 6. The van der Waals surface area contributed by atoms with Crippen molar-refractivity contribution < 1.29 is 28.8 Å². The number of benzene rings is 3. The van der Waals surface area contributed by atoms with Crippen LogP contribution < -0.4 is 10.2 Å². The lowest BCUT2D eigenvalue weighted by atomic mass is 9.83. The predicted octanol–water partition coefficient (Wildman–Crippen LogP) is 4.89. The number of nitro groups is 1. The molecule has 5 rings (SSSR count). The van der Waals surface area contributed by atoms with Gasteiger partial charge in [0, 0.05) is 17.8 Å². The molecule has 1 N–H and O–H groups in total. The lowest BCUT2D eigenvalue weighted by molar-refractivity contribution is -0.384. The number of imide groups is 1. The number of nitrogens with zero attached hydrogens (tertiary/aromatic N) is 2. The van der Waals surface area contributed by atoms with Gasteiger partial charge in [0.25, 0.3) is 23.4 Å². The molecule has 2 aliphatic rings. The number of nitro benzene ring substituents is 1. The van der Waals surface area contributed by atoms with E-state index in [0.717, 1.165) is 11.3 Å². The highest BCUT2D eigenvalue weighted by molar-refractivity contribution is 6.34. The van der Waals surface area contributed by atoms with E-state index in [-0.39, 0.29) is 11.3 Å². The molecule has 3 aromatic carbocycles. The first-order valence-electron chi connectivity index (χ1n) is 12.2. The Morgan fingerprint density at radius 1 is 0.842 bits per heavy atom. The number of fused-ring (bicyclic) bond motifs is 1. The molecule has 1 saturated carbocycles. The van der Waals surface area contributed by atoms with Crippen LogP contribution in [-0.4, -0.2) is 34.2 Å². The number of esters is 1. The maximum absolute atomic E-state index is 13.4. The molecule has 10 heteroatoms. The van der Waals surface area contributed by atoms with Crippen molar-refractivity contribution in [2.24, 2.45) is 0 Å². The summed E-state index contributed by atoms with van der Waals surface area (Å²) in [5, 5.41) is 13.7. The van der Waals surface area contributed by atoms with Crippen molar-refractivity contribution in [3.63, 3.8) is 0 Å². The molecule has 0 saturated heterocycles. The van der Waals surface area contributed by atoms with Crippen LogP contribution in [0.1, 0.15) is 63.2 Å². The number of carbonyl (C=O) groups is 4. The third-order valence-corrected chi connectivity index (χ3v) is 6.85. The highest BCUT2D eigenvalue weighted by atomic mass is 16.6. The average molecular weight is 514 g/mol. The van der Waals surface area contributed by atoms with Gasteiger partial charge in [-0.05, 0) is 74.2 Å². The average Bonchev–Trinajstić information content (AvgIpc) is 3.19. The molecular formula is C28H23N3O7. The zero-order chi connectivity index (χ0) is 26.9. The first-order valence-corrected chi connectivity index (χ1v) is 12.2. The van der Waals surface area contributed by atoms with Crippen LogP contribution in [0.3, 0.4) is 0 Å². The minimum absolute atomic E-state index is 0.110. The smallest absolute Gasteiger partial charge is 0.339 e. The summed E-state index contributed by atoms with van der Waals surface area (Å²) in [4.78, 5) is 63.2. The molecule has 0 atom stereocenters. The molecule has 3 amide bonds. The van der Waals surface area contributed by atoms with Gasteiger partial charge in [-0.3, -0.25) is 24.5 Å². The molecule has 0 radical (unpaired) electrons. The fourth-order valence-corrected chi connectivity index (χ4v) is 4.82. The largest absolute Gasteiger partial charge is 0.445 e. The van der Waals surface area contributed by atoms with E-state index in [1.807, 2.05) is 0 Å². The number of amides is 3. The summed E-state index contributed by atoms with van der Waals surface area (Å²) < 4.78 is 5.75. The molecule has 1 fully saturated rings. The molecule has 38 heavy (non-hydrogen) atoms. The fourth-order valence-electron chi connectivity index (χ4n) is 4.82. The lowest BCUT2D eigenvalue weighted by Crippen LogP contribution is -2.48. The second kappa shape index (κ2) is 9.89. The van der Waals surface area contributed by atoms with Gasteiger partial charge in [-0.15, -0.1) is 0 Å². The molecular weight excluding hydrogens is 490 g/mol. The third-order valence-electron chi connectivity index (χ3n) is 6.85. The summed E-state index contributed by atoms with van der Waals surface area (Å²) in [6.45, 7) is 0. The van der Waals surface area contributed by atoms with E-state index >= 15 is 0 Å². The molecule has 0 unspecified atom stereocenters. The molecule has 10 nitrogen and oxygen atoms in total. The first-order chi connectivity index (χ1) is 18.3. The van der Waals surface area contributed by atoms with Crippen molar-refractivity contribution in [1.82, 2.24) is 0 Å². The van der Waals surface area contributed by atoms with Gasteiger partial charge >= 0.3 is 5.97 Å². The molecule has 0 aromatic heterocycles. The number of ether oxygens (including phenoxy) is 1. The van der Waals surface area contributed by atoms with Crippen molar-refractivity contribution in [2.75, 3.05) is 10.2 Å². The van der Waals surface area contributed by atoms with Crippen LogP contribution in [-0.2, 0) is 9.53 Å². The molecule has 1 heterocycles. The zero-order valence-corrected chi connectivity index (χ0v) is 20.2. The molecule has 3 aromatic rings. The van der Waals surface area contributed by atoms with Crippen molar-refractivity contribution in [3.8, 4) is 0 Å². The monoisotopic (exact) mass is 513 g/mol. The minimum Gasteiger partial charge on any atom is -0.445 e. The van der Waals surface area contributed by atoms with Gasteiger partial charge in [0.2, 0.25) is 0 Å². The van der Waals surface area contributed by atoms with Gasteiger partial charge in [-0.1, -0.05) is 18.6 Å². The van der Waals surface area contributed by atoms with Crippen molar-refractivity contribution in [2.45, 2.75) is 37.7 Å². The number of non-ortho nitro benzene ring substituents is 1. The highest BCUT2D eigenvalue weighted by Gasteiger charge is 2.44. The maximum atomic E-state index is 13.4. The SMILES string of the molecule is O=C(OC1(C(=O)Nc2ccc(N3C(=O)c4ccccc4C3=O)cc2)CCCCC1)c1ccc([N+](=O)[O-])cc1. The van der Waals surface area contributed by atoms with E-state index < -0.39 is 34.2 Å². The standard InChI is InChI=1S/C28H23N3O7/c32-24-22-6-2-3-7-23(22)25(33)30(24)20-14-10-19(11-15-20)29-27(35)28(16-4-1-5-17-28)38-26(34)18-8-12-21(13-9-18)31(36)37/h2-3,6-15H,1,4-5,16-17H2,(H,29,35). The maximum Gasteiger partial charge on any atom is 0.339 e. The Morgan fingerprint density at radius 2 is 1.42 bits per heavy atom. The number of hydrogen-bond donors (Lipinski definition) is 1. The summed E-state index contributed by atoms with van der Waals surface area (Å²) in [5.41, 5.74) is 0.0129. The topological polar surface area (TPSA) is 136 Å². The van der Waals surface area contributed by atoms with Gasteiger partial charge in [-0.2, -0.15) is 0 Å². The molecule has 0 spiro atoms. The van der Waals surface area contributed by atoms with Crippen LogP contribution in [0.4, 0.5) is 17.1 Å². The molecule has 1 aliphatic carbocycles. The zero-order valence-electron chi connectivity index (χ0n) is 20.2. The summed E-state index contributed by atoms with van der Waals surface area (Å²) in [6, 6.07) is 17.9. The quantitative estimate of drug-likeness (QED) is 0.214. The number of anilines is 2. The molecule has 1 aliphatic heterocycles. The van der Waals surface area contributed by atoms with Gasteiger partial charge in [-0.25, -0.2) is 9.69 Å². The van der Waals surface area contributed by atoms with Crippen LogP contribution in [0.2, 0.25) is 0 Å². The van der Waals surface area contributed by atoms with E-state index in [1.165, 1.54) is 24.3 Å². The number of carbonyl (C=O) groups excluding carboxylic acids is 4. The normalized spacial score (nSPS) is 16.1. The van der Waals surface area contributed by atoms with E-state index in [2.05, 4.69) is 5.32 Å². The van der Waals surface area contributed by atoms with Crippen molar-refractivity contribution in [3.05, 3.63) is 99.6 Å². The summed E-state index contributed by atoms with van der Waals surface area (Å²) in [7, 11) is 0. The Balaban J connectivity index is 1.31. The Bertz CT molecular complexity index is 1410. The minimum atomic E-state index is -1.39. The number of hydrogen-bond acceptors (Lipinski definition) is 7. The Kier molecular flexibility index (Phi) is 6.46. The van der Waals surface area contributed by atoms with Crippen LogP contribution in [0.25, 0.3) is 0 Å².